The van der Waals surface area contributed by atoms with E-state index >= 15 is 0 Å². The smallest absolute Gasteiger partial charge is 0.303 e. The van der Waals surface area contributed by atoms with Crippen molar-refractivity contribution in [1.82, 2.24) is 0 Å². The molecule has 8 heteroatoms. The molecule has 0 bridgehead atoms. The van der Waals surface area contributed by atoms with Gasteiger partial charge in [-0.2, -0.15) is 0 Å². The maximum absolute atomic E-state index is 12.6. The molecule has 0 heterocycles. The molecule has 7 nitrogen and oxygen atoms in total. The van der Waals surface area contributed by atoms with Gasteiger partial charge in [0.2, 0.25) is 0 Å². The number of hydrogen-bond donors (Lipinski definition) is 2. The molecule has 0 saturated heterocycles. The van der Waals surface area contributed by atoms with Gasteiger partial charge in [-0.25, -0.2) is 8.42 Å². The van der Waals surface area contributed by atoms with Crippen molar-refractivity contribution in [2.24, 2.45) is 0 Å². The molecule has 3 aromatic carbocycles. The number of hydrogen-bond acceptors (Lipinski definition) is 5. The Kier molecular flexibility index (Phi) is 8.54. The van der Waals surface area contributed by atoms with Gasteiger partial charge in [0.25, 0.3) is 10.0 Å². The van der Waals surface area contributed by atoms with Crippen LogP contribution in [-0.4, -0.2) is 32.7 Å². The summed E-state index contributed by atoms with van der Waals surface area (Å²) in [5.41, 5.74) is 2.34. The highest BCUT2D eigenvalue weighted by atomic mass is 32.2. The standard InChI is InChI=1S/C26H29NO6S/c1-19(2)20-7-14-24(15-8-20)34(30,31)27-22-10-12-23(13-11-22)32-17-18-33-25-6-4-3-5-21(25)9-16-26(28)29/h3-8,10-15,19,27H,9,16-18H2,1-2H3,(H,28,29). The fourth-order valence-electron chi connectivity index (χ4n) is 3.27. The van der Waals surface area contributed by atoms with Crippen LogP contribution >= 0.6 is 0 Å². The molecule has 0 aromatic heterocycles. The van der Waals surface area contributed by atoms with Gasteiger partial charge in [0.15, 0.2) is 0 Å². The zero-order valence-corrected chi connectivity index (χ0v) is 20.0. The summed E-state index contributed by atoms with van der Waals surface area (Å²) in [4.78, 5) is 11.0. The third-order valence-electron chi connectivity index (χ3n) is 5.15. The summed E-state index contributed by atoms with van der Waals surface area (Å²) < 4.78 is 39.3. The quantitative estimate of drug-likeness (QED) is 0.348. The molecule has 180 valence electrons. The summed E-state index contributed by atoms with van der Waals surface area (Å²) in [7, 11) is -3.68. The van der Waals surface area contributed by atoms with E-state index in [1.807, 2.05) is 30.3 Å². The summed E-state index contributed by atoms with van der Waals surface area (Å²) in [5.74, 6) is 0.688. The normalized spacial score (nSPS) is 11.3. The monoisotopic (exact) mass is 483 g/mol. The van der Waals surface area contributed by atoms with E-state index in [0.717, 1.165) is 11.1 Å². The van der Waals surface area contributed by atoms with Gasteiger partial charge in [-0.1, -0.05) is 44.2 Å². The first-order valence-electron chi connectivity index (χ1n) is 11.0. The number of benzene rings is 3. The SMILES string of the molecule is CC(C)c1ccc(S(=O)(=O)Nc2ccc(OCCOc3ccccc3CCC(=O)O)cc2)cc1. The molecule has 0 spiro atoms. The van der Waals surface area contributed by atoms with Crippen molar-refractivity contribution in [2.45, 2.75) is 37.5 Å². The first-order chi connectivity index (χ1) is 16.2. The Morgan fingerprint density at radius 3 is 2.21 bits per heavy atom. The van der Waals surface area contributed by atoms with E-state index in [9.17, 15) is 13.2 Å². The minimum Gasteiger partial charge on any atom is -0.490 e. The molecular weight excluding hydrogens is 454 g/mol. The van der Waals surface area contributed by atoms with Crippen LogP contribution in [0.25, 0.3) is 0 Å². The number of rotatable bonds is 12. The van der Waals surface area contributed by atoms with Gasteiger partial charge in [-0.3, -0.25) is 9.52 Å². The fraction of sp³-hybridized carbons (Fsp3) is 0.269. The topological polar surface area (TPSA) is 102 Å². The zero-order chi connectivity index (χ0) is 24.6. The molecule has 2 N–H and O–H groups in total. The number of ether oxygens (including phenoxy) is 2. The average molecular weight is 484 g/mol. The van der Waals surface area contributed by atoms with Crippen molar-refractivity contribution >= 4 is 21.7 Å². The molecule has 0 aliphatic carbocycles. The number of carboxylic acids is 1. The number of anilines is 1. The molecule has 0 aliphatic rings. The van der Waals surface area contributed by atoms with Crippen LogP contribution in [0.3, 0.4) is 0 Å². The molecule has 0 radical (unpaired) electrons. The molecule has 0 saturated carbocycles. The fourth-order valence-corrected chi connectivity index (χ4v) is 4.33. The minimum absolute atomic E-state index is 0.0379. The predicted octanol–water partition coefficient (Wildman–Crippen LogP) is 5.09. The van der Waals surface area contributed by atoms with Crippen LogP contribution in [0.4, 0.5) is 5.69 Å². The molecule has 0 atom stereocenters. The Morgan fingerprint density at radius 2 is 1.56 bits per heavy atom. The second-order valence-electron chi connectivity index (χ2n) is 8.05. The molecule has 0 amide bonds. The Labute approximate surface area is 200 Å². The second-order valence-corrected chi connectivity index (χ2v) is 9.73. The van der Waals surface area contributed by atoms with Gasteiger partial charge < -0.3 is 14.6 Å². The van der Waals surface area contributed by atoms with Crippen molar-refractivity contribution in [3.63, 3.8) is 0 Å². The van der Waals surface area contributed by atoms with Crippen LogP contribution in [0, 0.1) is 0 Å². The van der Waals surface area contributed by atoms with Crippen molar-refractivity contribution < 1.29 is 27.8 Å². The first kappa shape index (κ1) is 25.1. The number of sulfonamides is 1. The van der Waals surface area contributed by atoms with Gasteiger partial charge in [0.1, 0.15) is 24.7 Å². The lowest BCUT2D eigenvalue weighted by atomic mass is 10.0. The Balaban J connectivity index is 1.50. The molecule has 3 aromatic rings. The third-order valence-corrected chi connectivity index (χ3v) is 6.55. The lowest BCUT2D eigenvalue weighted by molar-refractivity contribution is -0.136. The summed E-state index contributed by atoms with van der Waals surface area (Å²) >= 11 is 0. The van der Waals surface area contributed by atoms with Crippen LogP contribution in [0.15, 0.2) is 77.7 Å². The van der Waals surface area contributed by atoms with E-state index in [0.29, 0.717) is 29.5 Å². The maximum atomic E-state index is 12.6. The molecular formula is C26H29NO6S. The van der Waals surface area contributed by atoms with Crippen LogP contribution in [0.2, 0.25) is 0 Å². The third kappa shape index (κ3) is 7.25. The van der Waals surface area contributed by atoms with Gasteiger partial charge in [-0.05, 0) is 65.9 Å². The van der Waals surface area contributed by atoms with E-state index in [1.165, 1.54) is 0 Å². The highest BCUT2D eigenvalue weighted by Gasteiger charge is 2.14. The highest BCUT2D eigenvalue weighted by Crippen LogP contribution is 2.22. The Hall–Kier alpha value is -3.52. The van der Waals surface area contributed by atoms with Crippen LogP contribution in [0.5, 0.6) is 11.5 Å². The molecule has 34 heavy (non-hydrogen) atoms. The van der Waals surface area contributed by atoms with Crippen LogP contribution < -0.4 is 14.2 Å². The predicted molar refractivity (Wildman–Crippen MR) is 131 cm³/mol. The van der Waals surface area contributed by atoms with Crippen molar-refractivity contribution in [3.05, 3.63) is 83.9 Å². The van der Waals surface area contributed by atoms with E-state index in [-0.39, 0.29) is 24.5 Å². The first-order valence-corrected chi connectivity index (χ1v) is 12.5. The maximum Gasteiger partial charge on any atom is 0.303 e. The summed E-state index contributed by atoms with van der Waals surface area (Å²) in [6.45, 7) is 4.67. The van der Waals surface area contributed by atoms with Crippen LogP contribution in [0.1, 0.15) is 37.3 Å². The number of nitrogens with one attached hydrogen (secondary N) is 1. The average Bonchev–Trinajstić information content (AvgIpc) is 2.82. The minimum atomic E-state index is -3.68. The largest absolute Gasteiger partial charge is 0.490 e. The Morgan fingerprint density at radius 1 is 0.912 bits per heavy atom. The zero-order valence-electron chi connectivity index (χ0n) is 19.2. The van der Waals surface area contributed by atoms with Crippen molar-refractivity contribution in [3.8, 4) is 11.5 Å². The lowest BCUT2D eigenvalue weighted by Crippen LogP contribution is -2.13. The molecule has 0 fully saturated rings. The van der Waals surface area contributed by atoms with Gasteiger partial charge in [-0.15, -0.1) is 0 Å². The van der Waals surface area contributed by atoms with E-state index in [2.05, 4.69) is 18.6 Å². The van der Waals surface area contributed by atoms with E-state index in [1.54, 1.807) is 42.5 Å². The lowest BCUT2D eigenvalue weighted by Gasteiger charge is -2.12. The number of aryl methyl sites for hydroxylation is 1. The molecule has 0 aliphatic heterocycles. The van der Waals surface area contributed by atoms with Crippen molar-refractivity contribution in [1.29, 1.82) is 0 Å². The van der Waals surface area contributed by atoms with Gasteiger partial charge >= 0.3 is 5.97 Å². The number of para-hydroxylation sites is 1. The number of carbonyl (C=O) groups is 1. The van der Waals surface area contributed by atoms with Gasteiger partial charge in [0, 0.05) is 12.1 Å². The summed E-state index contributed by atoms with van der Waals surface area (Å²) in [6, 6.07) is 20.8. The van der Waals surface area contributed by atoms with E-state index in [4.69, 9.17) is 14.6 Å². The summed E-state index contributed by atoms with van der Waals surface area (Å²) in [6.07, 6.45) is 0.432. The van der Waals surface area contributed by atoms with Gasteiger partial charge in [0.05, 0.1) is 4.90 Å². The van der Waals surface area contributed by atoms with Crippen molar-refractivity contribution in [2.75, 3.05) is 17.9 Å². The molecule has 3 rings (SSSR count). The molecule has 0 unspecified atom stereocenters. The highest BCUT2D eigenvalue weighted by molar-refractivity contribution is 7.92. The number of carboxylic acid groups (broad SMARTS) is 1. The number of aliphatic carboxylic acids is 1. The Bertz CT molecular complexity index is 1190. The second kappa shape index (κ2) is 11.6. The van der Waals surface area contributed by atoms with Crippen LogP contribution in [-0.2, 0) is 21.2 Å². The van der Waals surface area contributed by atoms with E-state index < -0.39 is 16.0 Å². The summed E-state index contributed by atoms with van der Waals surface area (Å²) in [5, 5.41) is 8.88.